The van der Waals surface area contributed by atoms with E-state index in [1.807, 2.05) is 36.4 Å². The van der Waals surface area contributed by atoms with Crippen LogP contribution in [0.4, 0.5) is 0 Å². The molecule has 0 aliphatic heterocycles. The van der Waals surface area contributed by atoms with E-state index in [-0.39, 0.29) is 18.6 Å². The van der Waals surface area contributed by atoms with Crippen LogP contribution in [0.5, 0.6) is 0 Å². The first-order chi connectivity index (χ1) is 11.8. The van der Waals surface area contributed by atoms with E-state index >= 15 is 0 Å². The molecule has 1 amide bonds. The Bertz CT molecular complexity index is 672. The molecule has 126 valence electrons. The minimum atomic E-state index is -0.00307. The monoisotopic (exact) mass is 324 g/mol. The van der Waals surface area contributed by atoms with E-state index in [2.05, 4.69) is 28.4 Å². The third kappa shape index (κ3) is 4.02. The summed E-state index contributed by atoms with van der Waals surface area (Å²) in [6.45, 7) is 1.42. The maximum Gasteiger partial charge on any atom is 0.234 e. The number of aryl methyl sites for hydroxylation is 1. The largest absolute Gasteiger partial charge is 0.395 e. The minimum Gasteiger partial charge on any atom is -0.395 e. The molecule has 0 bridgehead atoms. The second-order valence-corrected chi connectivity index (χ2v) is 6.21. The van der Waals surface area contributed by atoms with Gasteiger partial charge in [-0.05, 0) is 29.5 Å². The van der Waals surface area contributed by atoms with Gasteiger partial charge in [0.05, 0.1) is 13.2 Å². The Balaban J connectivity index is 1.61. The second kappa shape index (κ2) is 8.08. The van der Waals surface area contributed by atoms with Crippen LogP contribution in [0.1, 0.15) is 29.2 Å². The van der Waals surface area contributed by atoms with Gasteiger partial charge in [0.1, 0.15) is 0 Å². The Labute approximate surface area is 143 Å². The Morgan fingerprint density at radius 2 is 1.88 bits per heavy atom. The lowest BCUT2D eigenvalue weighted by Gasteiger charge is -2.28. The van der Waals surface area contributed by atoms with Crippen LogP contribution < -0.4 is 5.32 Å². The summed E-state index contributed by atoms with van der Waals surface area (Å²) in [6, 6.07) is 18.5. The van der Waals surface area contributed by atoms with Gasteiger partial charge in [-0.25, -0.2) is 0 Å². The molecule has 0 heterocycles. The van der Waals surface area contributed by atoms with Gasteiger partial charge in [0.25, 0.3) is 0 Å². The first-order valence-corrected chi connectivity index (χ1v) is 8.51. The highest BCUT2D eigenvalue weighted by Crippen LogP contribution is 2.35. The molecule has 0 radical (unpaired) electrons. The zero-order chi connectivity index (χ0) is 16.8. The molecule has 4 nitrogen and oxygen atoms in total. The number of rotatable bonds is 7. The van der Waals surface area contributed by atoms with Crippen molar-refractivity contribution in [1.29, 1.82) is 0 Å². The zero-order valence-corrected chi connectivity index (χ0v) is 13.8. The first kappa shape index (κ1) is 16.7. The van der Waals surface area contributed by atoms with E-state index in [4.69, 9.17) is 0 Å². The van der Waals surface area contributed by atoms with Gasteiger partial charge in [0.2, 0.25) is 5.91 Å². The minimum absolute atomic E-state index is 0.00307. The van der Waals surface area contributed by atoms with Crippen molar-refractivity contribution >= 4 is 5.91 Å². The molecule has 2 N–H and O–H groups in total. The summed E-state index contributed by atoms with van der Waals surface area (Å²) in [4.78, 5) is 14.4. The van der Waals surface area contributed by atoms with Crippen LogP contribution in [-0.4, -0.2) is 35.6 Å². The number of aliphatic hydroxyl groups is 1. The molecule has 3 rings (SSSR count). The fourth-order valence-corrected chi connectivity index (χ4v) is 3.42. The summed E-state index contributed by atoms with van der Waals surface area (Å²) < 4.78 is 0. The van der Waals surface area contributed by atoms with Crippen LogP contribution in [-0.2, 0) is 17.8 Å². The topological polar surface area (TPSA) is 52.6 Å². The zero-order valence-electron chi connectivity index (χ0n) is 13.8. The quantitative estimate of drug-likeness (QED) is 0.821. The predicted molar refractivity (Wildman–Crippen MR) is 94.5 cm³/mol. The number of nitrogens with zero attached hydrogens (tertiary/aromatic N) is 1. The molecule has 0 saturated heterocycles. The average Bonchev–Trinajstić information content (AvgIpc) is 3.04. The van der Waals surface area contributed by atoms with E-state index in [9.17, 15) is 9.90 Å². The van der Waals surface area contributed by atoms with E-state index in [1.54, 1.807) is 0 Å². The Morgan fingerprint density at radius 3 is 2.67 bits per heavy atom. The van der Waals surface area contributed by atoms with Gasteiger partial charge in [-0.15, -0.1) is 0 Å². The molecule has 24 heavy (non-hydrogen) atoms. The summed E-state index contributed by atoms with van der Waals surface area (Å²) >= 11 is 0. The van der Waals surface area contributed by atoms with E-state index in [1.165, 1.54) is 11.1 Å². The number of aliphatic hydroxyl groups excluding tert-OH is 1. The van der Waals surface area contributed by atoms with Crippen molar-refractivity contribution in [2.24, 2.45) is 0 Å². The van der Waals surface area contributed by atoms with Crippen molar-refractivity contribution in [3.8, 4) is 0 Å². The van der Waals surface area contributed by atoms with Crippen molar-refractivity contribution < 1.29 is 9.90 Å². The summed E-state index contributed by atoms with van der Waals surface area (Å²) in [7, 11) is 0. The molecular weight excluding hydrogens is 300 g/mol. The van der Waals surface area contributed by atoms with Crippen molar-refractivity contribution in [1.82, 2.24) is 10.2 Å². The number of hydrogen-bond donors (Lipinski definition) is 2. The average molecular weight is 324 g/mol. The fraction of sp³-hybridized carbons (Fsp3) is 0.350. The summed E-state index contributed by atoms with van der Waals surface area (Å²) in [5.74, 6) is -0.00307. The van der Waals surface area contributed by atoms with Gasteiger partial charge in [-0.3, -0.25) is 9.69 Å². The lowest BCUT2D eigenvalue weighted by molar-refractivity contribution is -0.123. The Morgan fingerprint density at radius 1 is 1.12 bits per heavy atom. The highest BCUT2D eigenvalue weighted by Gasteiger charge is 2.28. The van der Waals surface area contributed by atoms with Gasteiger partial charge >= 0.3 is 0 Å². The molecule has 1 atom stereocenters. The van der Waals surface area contributed by atoms with Crippen molar-refractivity contribution in [3.05, 3.63) is 71.3 Å². The maximum absolute atomic E-state index is 12.3. The summed E-state index contributed by atoms with van der Waals surface area (Å²) in [6.07, 6.45) is 2.04. The normalized spacial score (nSPS) is 16.2. The van der Waals surface area contributed by atoms with E-state index in [0.29, 0.717) is 19.6 Å². The fourth-order valence-electron chi connectivity index (χ4n) is 3.42. The van der Waals surface area contributed by atoms with Gasteiger partial charge in [-0.1, -0.05) is 54.6 Å². The van der Waals surface area contributed by atoms with Gasteiger partial charge in [0.15, 0.2) is 0 Å². The standard InChI is InChI=1S/C20H24N2O2/c23-13-12-22(19-11-10-17-8-4-5-9-18(17)19)15-20(24)21-14-16-6-2-1-3-7-16/h1-9,19,23H,10-15H2,(H,21,24). The predicted octanol–water partition coefficient (Wildman–Crippen LogP) is 2.28. The number of amides is 1. The van der Waals surface area contributed by atoms with Gasteiger partial charge < -0.3 is 10.4 Å². The molecule has 4 heteroatoms. The molecule has 0 saturated carbocycles. The Hall–Kier alpha value is -2.17. The summed E-state index contributed by atoms with van der Waals surface area (Å²) in [5, 5.41) is 12.4. The van der Waals surface area contributed by atoms with Crippen LogP contribution in [0.3, 0.4) is 0 Å². The number of carbonyl (C=O) groups excluding carboxylic acids is 1. The third-order valence-electron chi connectivity index (χ3n) is 4.61. The molecule has 0 fully saturated rings. The van der Waals surface area contributed by atoms with Crippen molar-refractivity contribution in [2.45, 2.75) is 25.4 Å². The van der Waals surface area contributed by atoms with Gasteiger partial charge in [0, 0.05) is 19.1 Å². The van der Waals surface area contributed by atoms with Crippen molar-refractivity contribution in [3.63, 3.8) is 0 Å². The summed E-state index contributed by atoms with van der Waals surface area (Å²) in [5.41, 5.74) is 3.74. The van der Waals surface area contributed by atoms with E-state index < -0.39 is 0 Å². The van der Waals surface area contributed by atoms with E-state index in [0.717, 1.165) is 18.4 Å². The van der Waals surface area contributed by atoms with Crippen molar-refractivity contribution in [2.75, 3.05) is 19.7 Å². The van der Waals surface area contributed by atoms with Gasteiger partial charge in [-0.2, -0.15) is 0 Å². The lowest BCUT2D eigenvalue weighted by atomic mass is 10.1. The molecule has 0 aromatic heterocycles. The second-order valence-electron chi connectivity index (χ2n) is 6.21. The molecule has 1 unspecified atom stereocenters. The number of benzene rings is 2. The number of nitrogens with one attached hydrogen (secondary N) is 1. The number of carbonyl (C=O) groups is 1. The highest BCUT2D eigenvalue weighted by molar-refractivity contribution is 5.78. The molecule has 0 spiro atoms. The highest BCUT2D eigenvalue weighted by atomic mass is 16.3. The van der Waals surface area contributed by atoms with Crippen LogP contribution in [0, 0.1) is 0 Å². The SMILES string of the molecule is O=C(CN(CCO)C1CCc2ccccc21)NCc1ccccc1. The van der Waals surface area contributed by atoms with Crippen LogP contribution in [0.25, 0.3) is 0 Å². The Kier molecular flexibility index (Phi) is 5.62. The third-order valence-corrected chi connectivity index (χ3v) is 4.61. The lowest BCUT2D eigenvalue weighted by Crippen LogP contribution is -2.40. The molecule has 2 aromatic carbocycles. The molecule has 1 aliphatic carbocycles. The first-order valence-electron chi connectivity index (χ1n) is 8.51. The molecule has 1 aliphatic rings. The van der Waals surface area contributed by atoms with Crippen LogP contribution in [0.2, 0.25) is 0 Å². The number of fused-ring (bicyclic) bond motifs is 1. The number of hydrogen-bond acceptors (Lipinski definition) is 3. The molecule has 2 aromatic rings. The van der Waals surface area contributed by atoms with Crippen LogP contribution >= 0.6 is 0 Å². The smallest absolute Gasteiger partial charge is 0.234 e. The maximum atomic E-state index is 12.3. The molecular formula is C20H24N2O2. The van der Waals surface area contributed by atoms with Crippen LogP contribution in [0.15, 0.2) is 54.6 Å².